The maximum atomic E-state index is 12.9. The van der Waals surface area contributed by atoms with Crippen molar-refractivity contribution in [3.05, 3.63) is 48.5 Å². The van der Waals surface area contributed by atoms with Crippen molar-refractivity contribution < 1.29 is 9.18 Å². The molecule has 0 spiro atoms. The van der Waals surface area contributed by atoms with Gasteiger partial charge in [-0.15, -0.1) is 10.2 Å². The molecule has 2 unspecified atom stereocenters. The quantitative estimate of drug-likeness (QED) is 0.814. The minimum absolute atomic E-state index is 0.0271. The number of amides is 1. The van der Waals surface area contributed by atoms with Crippen LogP contribution in [0.3, 0.4) is 0 Å². The number of halogens is 1. The van der Waals surface area contributed by atoms with Crippen LogP contribution in [0, 0.1) is 5.82 Å². The van der Waals surface area contributed by atoms with Gasteiger partial charge in [0.25, 0.3) is 0 Å². The van der Waals surface area contributed by atoms with Gasteiger partial charge in [0.1, 0.15) is 11.5 Å². The lowest BCUT2D eigenvalue weighted by molar-refractivity contribution is -0.120. The highest BCUT2D eigenvalue weighted by molar-refractivity contribution is 8.00. The smallest absolute Gasteiger partial charge is 0.233 e. The number of hydrogen-bond acceptors (Lipinski definition) is 5. The van der Waals surface area contributed by atoms with E-state index < -0.39 is 5.82 Å². The van der Waals surface area contributed by atoms with Crippen molar-refractivity contribution in [3.63, 3.8) is 0 Å². The fourth-order valence-electron chi connectivity index (χ4n) is 2.14. The summed E-state index contributed by atoms with van der Waals surface area (Å²) in [5.41, 5.74) is 0.493. The molecule has 2 aromatic heterocycles. The molecule has 24 heavy (non-hydrogen) atoms. The summed E-state index contributed by atoms with van der Waals surface area (Å²) in [7, 11) is 0. The van der Waals surface area contributed by atoms with E-state index in [9.17, 15) is 9.18 Å². The normalized spacial score (nSPS) is 17.7. The topological polar surface area (TPSA) is 83.6 Å². The minimum Gasteiger partial charge on any atom is -0.349 e. The van der Waals surface area contributed by atoms with E-state index in [1.54, 1.807) is 6.92 Å². The number of rotatable bonds is 5. The van der Waals surface area contributed by atoms with E-state index in [-0.39, 0.29) is 17.2 Å². The minimum atomic E-state index is -0.412. The molecule has 1 aliphatic carbocycles. The highest BCUT2D eigenvalue weighted by Crippen LogP contribution is 2.22. The Hall–Kier alpha value is -2.48. The fourth-order valence-corrected chi connectivity index (χ4v) is 2.89. The van der Waals surface area contributed by atoms with E-state index in [1.807, 2.05) is 24.3 Å². The predicted molar refractivity (Wildman–Crippen MR) is 89.7 cm³/mol. The van der Waals surface area contributed by atoms with Crippen LogP contribution in [0.4, 0.5) is 4.39 Å². The Labute approximate surface area is 142 Å². The van der Waals surface area contributed by atoms with Crippen molar-refractivity contribution >= 4 is 17.7 Å². The summed E-state index contributed by atoms with van der Waals surface area (Å²) in [4.78, 5) is 19.2. The van der Waals surface area contributed by atoms with Crippen molar-refractivity contribution in [2.75, 3.05) is 0 Å². The molecule has 2 N–H and O–H groups in total. The van der Waals surface area contributed by atoms with Gasteiger partial charge in [0.05, 0.1) is 17.5 Å². The van der Waals surface area contributed by atoms with Crippen LogP contribution in [-0.4, -0.2) is 37.4 Å². The van der Waals surface area contributed by atoms with Gasteiger partial charge in [-0.2, -0.15) is 0 Å². The number of thioether (sulfide) groups is 1. The first-order chi connectivity index (χ1) is 11.6. The molecular weight excluding hydrogens is 329 g/mol. The summed E-state index contributed by atoms with van der Waals surface area (Å²) < 4.78 is 12.9. The lowest BCUT2D eigenvalue weighted by Gasteiger charge is -2.17. The first-order valence-corrected chi connectivity index (χ1v) is 8.35. The highest BCUT2D eigenvalue weighted by Gasteiger charge is 2.19. The first-order valence-electron chi connectivity index (χ1n) is 7.47. The summed E-state index contributed by atoms with van der Waals surface area (Å²) in [6, 6.07) is 2.85. The van der Waals surface area contributed by atoms with Crippen LogP contribution in [0.25, 0.3) is 11.5 Å². The number of pyridine rings is 1. The molecule has 1 aliphatic rings. The lowest BCUT2D eigenvalue weighted by atomic mass is 10.1. The number of aromatic amines is 1. The standard InChI is InChI=1S/C16H16FN5OS/c1-10(15(23)19-12-5-3-2-4-6-12)24-16-20-14(21-22-16)13-8-7-11(17)9-18-13/h2-5,7-10,12H,6H2,1H3,(H,19,23)(H,20,21,22). The second-order valence-corrected chi connectivity index (χ2v) is 6.59. The fraction of sp³-hybridized carbons (Fsp3) is 0.250. The second kappa shape index (κ2) is 7.39. The first kappa shape index (κ1) is 16.4. The molecule has 0 saturated heterocycles. The summed E-state index contributed by atoms with van der Waals surface area (Å²) in [6.07, 6.45) is 9.77. The maximum absolute atomic E-state index is 12.9. The van der Waals surface area contributed by atoms with Gasteiger partial charge in [-0.05, 0) is 25.5 Å². The molecule has 0 aromatic carbocycles. The van der Waals surface area contributed by atoms with E-state index in [4.69, 9.17) is 0 Å². The molecule has 0 fully saturated rings. The van der Waals surface area contributed by atoms with Gasteiger partial charge in [0.2, 0.25) is 5.91 Å². The number of hydrogen-bond donors (Lipinski definition) is 2. The SMILES string of the molecule is CC(Sc1nnc(-c2ccc(F)cn2)[nH]1)C(=O)NC1C=CC=CC1. The molecule has 0 saturated carbocycles. The van der Waals surface area contributed by atoms with Gasteiger partial charge in [0.15, 0.2) is 11.0 Å². The van der Waals surface area contributed by atoms with Gasteiger partial charge in [-0.25, -0.2) is 9.37 Å². The summed E-state index contributed by atoms with van der Waals surface area (Å²) in [5, 5.41) is 11.1. The number of nitrogens with one attached hydrogen (secondary N) is 2. The van der Waals surface area contributed by atoms with Gasteiger partial charge >= 0.3 is 0 Å². The molecule has 2 heterocycles. The number of carbonyl (C=O) groups is 1. The molecule has 124 valence electrons. The van der Waals surface area contributed by atoms with Crippen LogP contribution < -0.4 is 5.32 Å². The van der Waals surface area contributed by atoms with E-state index in [0.717, 1.165) is 12.6 Å². The largest absolute Gasteiger partial charge is 0.349 e. The highest BCUT2D eigenvalue weighted by atomic mass is 32.2. The maximum Gasteiger partial charge on any atom is 0.233 e. The molecule has 0 radical (unpaired) electrons. The van der Waals surface area contributed by atoms with Gasteiger partial charge < -0.3 is 10.3 Å². The van der Waals surface area contributed by atoms with E-state index in [1.165, 1.54) is 23.9 Å². The number of aromatic nitrogens is 4. The van der Waals surface area contributed by atoms with Crippen molar-refractivity contribution in [2.24, 2.45) is 0 Å². The van der Waals surface area contributed by atoms with Gasteiger partial charge in [-0.1, -0.05) is 36.1 Å². The Balaban J connectivity index is 1.59. The van der Waals surface area contributed by atoms with Crippen LogP contribution in [0.2, 0.25) is 0 Å². The molecule has 0 aliphatic heterocycles. The Bertz CT molecular complexity index is 771. The number of nitrogens with zero attached hydrogens (tertiary/aromatic N) is 3. The number of carbonyl (C=O) groups excluding carboxylic acids is 1. The molecule has 2 aromatic rings. The Morgan fingerprint density at radius 1 is 1.42 bits per heavy atom. The third kappa shape index (κ3) is 4.08. The van der Waals surface area contributed by atoms with Crippen LogP contribution in [0.15, 0.2) is 47.8 Å². The zero-order valence-electron chi connectivity index (χ0n) is 12.9. The van der Waals surface area contributed by atoms with E-state index in [2.05, 4.69) is 25.5 Å². The monoisotopic (exact) mass is 345 g/mol. The molecule has 8 heteroatoms. The van der Waals surface area contributed by atoms with Crippen molar-refractivity contribution in [2.45, 2.75) is 29.8 Å². The van der Waals surface area contributed by atoms with Crippen molar-refractivity contribution in [1.82, 2.24) is 25.5 Å². The van der Waals surface area contributed by atoms with Crippen molar-refractivity contribution in [1.29, 1.82) is 0 Å². The zero-order valence-corrected chi connectivity index (χ0v) is 13.8. The molecule has 1 amide bonds. The summed E-state index contributed by atoms with van der Waals surface area (Å²) in [5.74, 6) is -0.0435. The Morgan fingerprint density at radius 2 is 2.29 bits per heavy atom. The third-order valence-electron chi connectivity index (χ3n) is 3.40. The predicted octanol–water partition coefficient (Wildman–Crippen LogP) is 2.49. The van der Waals surface area contributed by atoms with E-state index >= 15 is 0 Å². The van der Waals surface area contributed by atoms with Crippen LogP contribution in [0.1, 0.15) is 13.3 Å². The molecule has 2 atom stereocenters. The number of H-pyrrole nitrogens is 1. The van der Waals surface area contributed by atoms with Gasteiger partial charge in [0, 0.05) is 0 Å². The van der Waals surface area contributed by atoms with Crippen LogP contribution in [0.5, 0.6) is 0 Å². The summed E-state index contributed by atoms with van der Waals surface area (Å²) in [6.45, 7) is 1.81. The van der Waals surface area contributed by atoms with Crippen molar-refractivity contribution in [3.8, 4) is 11.5 Å². The van der Waals surface area contributed by atoms with Crippen LogP contribution >= 0.6 is 11.8 Å². The van der Waals surface area contributed by atoms with Gasteiger partial charge in [-0.3, -0.25) is 4.79 Å². The Morgan fingerprint density at radius 3 is 3.00 bits per heavy atom. The Kier molecular flexibility index (Phi) is 5.05. The van der Waals surface area contributed by atoms with Crippen LogP contribution in [-0.2, 0) is 4.79 Å². The molecule has 0 bridgehead atoms. The molecule has 3 rings (SSSR count). The summed E-state index contributed by atoms with van der Waals surface area (Å²) >= 11 is 1.27. The average molecular weight is 345 g/mol. The van der Waals surface area contributed by atoms with E-state index in [0.29, 0.717) is 16.7 Å². The molecule has 6 nitrogen and oxygen atoms in total. The molecular formula is C16H16FN5OS. The average Bonchev–Trinajstić information content (AvgIpc) is 3.05. The third-order valence-corrected chi connectivity index (χ3v) is 4.38. The lowest BCUT2D eigenvalue weighted by Crippen LogP contribution is -2.38. The number of allylic oxidation sites excluding steroid dienone is 2. The second-order valence-electron chi connectivity index (χ2n) is 5.26. The zero-order chi connectivity index (χ0) is 16.9.